The van der Waals surface area contributed by atoms with Crippen LogP contribution < -0.4 is 14.8 Å². The van der Waals surface area contributed by atoms with E-state index < -0.39 is 5.82 Å². The number of carbonyl (C=O) groups excluding carboxylic acids is 2. The molecule has 204 valence electrons. The van der Waals surface area contributed by atoms with Crippen molar-refractivity contribution >= 4 is 11.7 Å². The summed E-state index contributed by atoms with van der Waals surface area (Å²) in [6.07, 6.45) is 4.47. The van der Waals surface area contributed by atoms with Gasteiger partial charge in [-0.25, -0.2) is 9.37 Å². The Bertz CT molecular complexity index is 1150. The second-order valence-corrected chi connectivity index (χ2v) is 8.06. The second kappa shape index (κ2) is 17.5. The molecule has 0 aliphatic heterocycles. The zero-order chi connectivity index (χ0) is 28.5. The Morgan fingerprint density at radius 3 is 2.05 bits per heavy atom. The first-order valence-electron chi connectivity index (χ1n) is 12.9. The molecule has 1 atom stereocenters. The van der Waals surface area contributed by atoms with E-state index in [2.05, 4.69) is 30.7 Å². The normalized spacial score (nSPS) is 10.5. The summed E-state index contributed by atoms with van der Waals surface area (Å²) < 4.78 is 25.0. The summed E-state index contributed by atoms with van der Waals surface area (Å²) in [5.41, 5.74) is 0.275. The van der Waals surface area contributed by atoms with Crippen LogP contribution in [0.2, 0.25) is 0 Å². The van der Waals surface area contributed by atoms with E-state index in [-0.39, 0.29) is 28.8 Å². The molecule has 0 aliphatic rings. The number of halogens is 1. The number of amides is 1. The summed E-state index contributed by atoms with van der Waals surface area (Å²) >= 11 is 0. The van der Waals surface area contributed by atoms with Gasteiger partial charge in [-0.3, -0.25) is 9.59 Å². The number of rotatable bonds is 10. The van der Waals surface area contributed by atoms with E-state index in [0.29, 0.717) is 17.5 Å². The Morgan fingerprint density at radius 2 is 1.55 bits per heavy atom. The largest absolute Gasteiger partial charge is 0.457 e. The first-order chi connectivity index (χ1) is 18.3. The van der Waals surface area contributed by atoms with Crippen molar-refractivity contribution in [1.29, 1.82) is 0 Å². The molecule has 1 N–H and O–H groups in total. The van der Waals surface area contributed by atoms with Gasteiger partial charge >= 0.3 is 0 Å². The van der Waals surface area contributed by atoms with Crippen molar-refractivity contribution in [1.82, 2.24) is 10.3 Å². The molecule has 1 amide bonds. The molecule has 7 heteroatoms. The van der Waals surface area contributed by atoms with Gasteiger partial charge in [0.25, 0.3) is 0 Å². The number of aryl methyl sites for hydroxylation is 1. The molecule has 38 heavy (non-hydrogen) atoms. The van der Waals surface area contributed by atoms with Gasteiger partial charge in [-0.2, -0.15) is 0 Å². The van der Waals surface area contributed by atoms with Crippen LogP contribution in [0.3, 0.4) is 0 Å². The quantitative estimate of drug-likeness (QED) is 0.214. The SMILES string of the molecule is C=CC(=O)N[C@H](CC)CCC.CC.CC(=O)c1cc(F)c(C)nc1Oc1ccc(Oc2ccccc2)cc1. The molecule has 0 saturated heterocycles. The monoisotopic (exact) mass is 522 g/mol. The lowest BCUT2D eigenvalue weighted by Crippen LogP contribution is -2.32. The van der Waals surface area contributed by atoms with Crippen molar-refractivity contribution in [2.24, 2.45) is 0 Å². The molecule has 0 unspecified atom stereocenters. The lowest BCUT2D eigenvalue weighted by atomic mass is 10.1. The third-order valence-corrected chi connectivity index (χ3v) is 5.17. The molecule has 0 fully saturated rings. The minimum Gasteiger partial charge on any atom is -0.457 e. The Kier molecular flexibility index (Phi) is 14.7. The number of Topliss-reactive ketones (excluding diaryl/α,β-unsaturated/α-hetero) is 1. The number of nitrogens with zero attached hydrogens (tertiary/aromatic N) is 1. The van der Waals surface area contributed by atoms with Gasteiger partial charge in [0.1, 0.15) is 23.1 Å². The van der Waals surface area contributed by atoms with Gasteiger partial charge in [0.05, 0.1) is 11.3 Å². The highest BCUT2D eigenvalue weighted by atomic mass is 19.1. The van der Waals surface area contributed by atoms with Crippen molar-refractivity contribution < 1.29 is 23.5 Å². The van der Waals surface area contributed by atoms with E-state index in [9.17, 15) is 14.0 Å². The van der Waals surface area contributed by atoms with Crippen LogP contribution in [0.4, 0.5) is 4.39 Å². The average molecular weight is 523 g/mol. The standard InChI is InChI=1S/C20H16FNO3.C9H17NO.C2H6/c1-13-19(21)12-18(14(2)23)20(22-13)25-17-10-8-16(9-11-17)24-15-6-4-3-5-7-15;1-4-7-8(5-2)10-9(11)6-3;1-2/h3-12H,1-2H3;6,8H,3-5,7H2,1-2H3,(H,10,11);1-2H3/t;8-;/m.1./s1. The van der Waals surface area contributed by atoms with Gasteiger partial charge in [0.2, 0.25) is 11.8 Å². The summed E-state index contributed by atoms with van der Waals surface area (Å²) in [5, 5.41) is 2.86. The summed E-state index contributed by atoms with van der Waals surface area (Å²) in [7, 11) is 0. The van der Waals surface area contributed by atoms with Gasteiger partial charge in [-0.15, -0.1) is 0 Å². The number of aromatic nitrogens is 1. The van der Waals surface area contributed by atoms with E-state index >= 15 is 0 Å². The number of ether oxygens (including phenoxy) is 2. The van der Waals surface area contributed by atoms with E-state index in [4.69, 9.17) is 9.47 Å². The van der Waals surface area contributed by atoms with Crippen LogP contribution in [0.5, 0.6) is 23.1 Å². The smallest absolute Gasteiger partial charge is 0.243 e. The van der Waals surface area contributed by atoms with Gasteiger partial charge in [-0.1, -0.05) is 58.9 Å². The summed E-state index contributed by atoms with van der Waals surface area (Å²) in [6.45, 7) is 14.4. The predicted octanol–water partition coefficient (Wildman–Crippen LogP) is 8.21. The van der Waals surface area contributed by atoms with Gasteiger partial charge < -0.3 is 14.8 Å². The highest BCUT2D eigenvalue weighted by molar-refractivity contribution is 5.96. The Balaban J connectivity index is 0.000000470. The van der Waals surface area contributed by atoms with Crippen LogP contribution in [0.1, 0.15) is 69.9 Å². The van der Waals surface area contributed by atoms with Crippen molar-refractivity contribution in [3.8, 4) is 23.1 Å². The minimum atomic E-state index is -0.538. The van der Waals surface area contributed by atoms with Crippen molar-refractivity contribution in [2.75, 3.05) is 0 Å². The second-order valence-electron chi connectivity index (χ2n) is 8.06. The topological polar surface area (TPSA) is 77.5 Å². The molecular formula is C31H39FN2O4. The molecule has 6 nitrogen and oxygen atoms in total. The Morgan fingerprint density at radius 1 is 1.00 bits per heavy atom. The van der Waals surface area contributed by atoms with Crippen LogP contribution in [0.15, 0.2) is 73.3 Å². The number of hydrogen-bond acceptors (Lipinski definition) is 5. The van der Waals surface area contributed by atoms with Crippen molar-refractivity contribution in [3.05, 3.63) is 90.4 Å². The molecule has 3 rings (SSSR count). The van der Waals surface area contributed by atoms with E-state index in [1.54, 1.807) is 24.3 Å². The molecule has 1 aromatic heterocycles. The zero-order valence-electron chi connectivity index (χ0n) is 23.2. The lowest BCUT2D eigenvalue weighted by molar-refractivity contribution is -0.117. The molecule has 0 bridgehead atoms. The minimum absolute atomic E-state index is 0.0645. The highest BCUT2D eigenvalue weighted by Gasteiger charge is 2.15. The van der Waals surface area contributed by atoms with Crippen LogP contribution in [-0.2, 0) is 4.79 Å². The number of hydrogen-bond donors (Lipinski definition) is 1. The number of carbonyl (C=O) groups is 2. The Hall–Kier alpha value is -4.00. The van der Waals surface area contributed by atoms with Crippen LogP contribution in [-0.4, -0.2) is 22.7 Å². The van der Waals surface area contributed by atoms with Crippen molar-refractivity contribution in [2.45, 2.75) is 66.8 Å². The van der Waals surface area contributed by atoms with Crippen LogP contribution >= 0.6 is 0 Å². The maximum Gasteiger partial charge on any atom is 0.243 e. The number of benzene rings is 2. The molecule has 0 spiro atoms. The maximum atomic E-state index is 13.6. The predicted molar refractivity (Wildman–Crippen MR) is 151 cm³/mol. The van der Waals surface area contributed by atoms with Crippen LogP contribution in [0, 0.1) is 12.7 Å². The summed E-state index contributed by atoms with van der Waals surface area (Å²) in [4.78, 5) is 26.5. The fourth-order valence-electron chi connectivity index (χ4n) is 3.19. The van der Waals surface area contributed by atoms with Crippen molar-refractivity contribution in [3.63, 3.8) is 0 Å². The number of pyridine rings is 1. The highest BCUT2D eigenvalue weighted by Crippen LogP contribution is 2.28. The number of para-hydroxylation sites is 1. The lowest BCUT2D eigenvalue weighted by Gasteiger charge is -2.13. The third-order valence-electron chi connectivity index (χ3n) is 5.17. The maximum absolute atomic E-state index is 13.6. The Labute approximate surface area is 225 Å². The van der Waals surface area contributed by atoms with Gasteiger partial charge in [0.15, 0.2) is 5.78 Å². The number of ketones is 1. The van der Waals surface area contributed by atoms with Crippen LogP contribution in [0.25, 0.3) is 0 Å². The molecule has 3 aromatic rings. The first kappa shape index (κ1) is 32.0. The molecule has 0 radical (unpaired) electrons. The molecular weight excluding hydrogens is 483 g/mol. The van der Waals surface area contributed by atoms with Gasteiger partial charge in [0, 0.05) is 6.04 Å². The van der Waals surface area contributed by atoms with E-state index in [1.807, 2.05) is 44.2 Å². The zero-order valence-corrected chi connectivity index (χ0v) is 23.2. The fourth-order valence-corrected chi connectivity index (χ4v) is 3.19. The summed E-state index contributed by atoms with van der Waals surface area (Å²) in [6, 6.07) is 17.7. The molecule has 0 aliphatic carbocycles. The van der Waals surface area contributed by atoms with Gasteiger partial charge in [-0.05, 0) is 75.2 Å². The third kappa shape index (κ3) is 10.9. The molecule has 2 aromatic carbocycles. The summed E-state index contributed by atoms with van der Waals surface area (Å²) in [5.74, 6) is 1.02. The molecule has 0 saturated carbocycles. The first-order valence-corrected chi connectivity index (χ1v) is 12.9. The molecule has 1 heterocycles. The fraction of sp³-hybridized carbons (Fsp3) is 0.323. The average Bonchev–Trinajstić information content (AvgIpc) is 2.93. The van der Waals surface area contributed by atoms with E-state index in [1.165, 1.54) is 19.9 Å². The number of nitrogens with one attached hydrogen (secondary N) is 1. The van der Waals surface area contributed by atoms with E-state index in [0.717, 1.165) is 31.1 Å².